The molecule has 0 unspecified atom stereocenters. The predicted octanol–water partition coefficient (Wildman–Crippen LogP) is 4.37. The summed E-state index contributed by atoms with van der Waals surface area (Å²) >= 11 is 0. The Kier molecular flexibility index (Phi) is 4.34. The maximum Gasteiger partial charge on any atom is 0.339 e. The van der Waals surface area contributed by atoms with E-state index in [4.69, 9.17) is 4.18 Å². The Morgan fingerprint density at radius 1 is 0.864 bits per heavy atom. The van der Waals surface area contributed by atoms with Crippen LogP contribution < -0.4 is 4.18 Å². The number of aryl methyl sites for hydroxylation is 2. The van der Waals surface area contributed by atoms with Crippen molar-refractivity contribution in [1.29, 1.82) is 0 Å². The zero-order chi connectivity index (χ0) is 16.5. The van der Waals surface area contributed by atoms with Gasteiger partial charge in [-0.15, -0.1) is 0 Å². The van der Waals surface area contributed by atoms with Crippen molar-refractivity contribution in [2.45, 2.75) is 44.9 Å². The Morgan fingerprint density at radius 3 is 1.95 bits per heavy atom. The summed E-state index contributed by atoms with van der Waals surface area (Å²) in [4.78, 5) is 0.166. The molecule has 0 spiro atoms. The summed E-state index contributed by atoms with van der Waals surface area (Å²) in [5, 5.41) is 0. The molecule has 0 saturated carbocycles. The molecule has 0 aromatic heterocycles. The molecule has 3 nitrogen and oxygen atoms in total. The van der Waals surface area contributed by atoms with Crippen LogP contribution in [-0.4, -0.2) is 8.42 Å². The van der Waals surface area contributed by atoms with Crippen LogP contribution in [0, 0.1) is 13.8 Å². The van der Waals surface area contributed by atoms with Gasteiger partial charge < -0.3 is 4.18 Å². The first-order valence-corrected chi connectivity index (χ1v) is 8.63. The third-order valence-electron chi connectivity index (χ3n) is 3.45. The van der Waals surface area contributed by atoms with Crippen LogP contribution in [0.15, 0.2) is 47.4 Å². The molecule has 22 heavy (non-hydrogen) atoms. The van der Waals surface area contributed by atoms with E-state index >= 15 is 0 Å². The fraction of sp³-hybridized carbons (Fsp3) is 0.333. The summed E-state index contributed by atoms with van der Waals surface area (Å²) in [6.45, 7) is 9.92. The highest BCUT2D eigenvalue weighted by Gasteiger charge is 2.24. The van der Waals surface area contributed by atoms with E-state index < -0.39 is 10.1 Å². The van der Waals surface area contributed by atoms with Crippen molar-refractivity contribution in [2.24, 2.45) is 0 Å². The van der Waals surface area contributed by atoms with E-state index in [1.54, 1.807) is 30.3 Å². The van der Waals surface area contributed by atoms with Crippen LogP contribution in [0.5, 0.6) is 5.75 Å². The Bertz CT molecular complexity index is 767. The van der Waals surface area contributed by atoms with Crippen molar-refractivity contribution in [1.82, 2.24) is 0 Å². The van der Waals surface area contributed by atoms with Crippen LogP contribution in [0.4, 0.5) is 0 Å². The molecule has 0 amide bonds. The number of hydrogen-bond acceptors (Lipinski definition) is 3. The molecule has 0 N–H and O–H groups in total. The SMILES string of the molecule is Cc1ccc(S(=O)(=O)Oc2cc(C)ccc2C(C)(C)C)cc1. The summed E-state index contributed by atoms with van der Waals surface area (Å²) < 4.78 is 30.4. The van der Waals surface area contributed by atoms with Crippen LogP contribution >= 0.6 is 0 Å². The molecule has 0 heterocycles. The topological polar surface area (TPSA) is 43.4 Å². The smallest absolute Gasteiger partial charge is 0.339 e. The fourth-order valence-corrected chi connectivity index (χ4v) is 3.13. The molecule has 2 aromatic rings. The first-order chi connectivity index (χ1) is 10.1. The first-order valence-electron chi connectivity index (χ1n) is 7.22. The van der Waals surface area contributed by atoms with Gasteiger partial charge in [-0.05, 0) is 43.0 Å². The van der Waals surface area contributed by atoms with Gasteiger partial charge in [0.1, 0.15) is 10.6 Å². The third-order valence-corrected chi connectivity index (χ3v) is 4.70. The van der Waals surface area contributed by atoms with Gasteiger partial charge in [0, 0.05) is 5.56 Å². The molecule has 2 aromatic carbocycles. The molecule has 0 saturated heterocycles. The summed E-state index contributed by atoms with van der Waals surface area (Å²) in [6, 6.07) is 12.3. The lowest BCUT2D eigenvalue weighted by atomic mass is 9.86. The normalized spacial score (nSPS) is 12.2. The lowest BCUT2D eigenvalue weighted by molar-refractivity contribution is 0.470. The van der Waals surface area contributed by atoms with Crippen molar-refractivity contribution >= 4 is 10.1 Å². The predicted molar refractivity (Wildman–Crippen MR) is 88.9 cm³/mol. The Morgan fingerprint density at radius 2 is 1.41 bits per heavy atom. The molecule has 0 radical (unpaired) electrons. The second-order valence-corrected chi connectivity index (χ2v) is 8.15. The summed E-state index contributed by atoms with van der Waals surface area (Å²) in [6.07, 6.45) is 0. The molecule has 4 heteroatoms. The maximum atomic E-state index is 12.5. The first kappa shape index (κ1) is 16.6. The summed E-state index contributed by atoms with van der Waals surface area (Å²) in [5.41, 5.74) is 2.63. The van der Waals surface area contributed by atoms with Crippen molar-refractivity contribution in [2.75, 3.05) is 0 Å². The summed E-state index contributed by atoms with van der Waals surface area (Å²) in [7, 11) is -3.83. The molecule has 0 fully saturated rings. The minimum absolute atomic E-state index is 0.166. The van der Waals surface area contributed by atoms with E-state index in [1.165, 1.54) is 0 Å². The third kappa shape index (κ3) is 3.69. The fourth-order valence-electron chi connectivity index (χ4n) is 2.19. The quantitative estimate of drug-likeness (QED) is 0.789. The Balaban J connectivity index is 2.46. The number of rotatable bonds is 3. The van der Waals surface area contributed by atoms with Crippen LogP contribution in [0.1, 0.15) is 37.5 Å². The highest BCUT2D eigenvalue weighted by atomic mass is 32.2. The van der Waals surface area contributed by atoms with Gasteiger partial charge in [-0.25, -0.2) is 0 Å². The van der Waals surface area contributed by atoms with Gasteiger partial charge in [-0.3, -0.25) is 0 Å². The van der Waals surface area contributed by atoms with E-state index in [0.29, 0.717) is 5.75 Å². The van der Waals surface area contributed by atoms with Crippen LogP contribution in [0.3, 0.4) is 0 Å². The van der Waals surface area contributed by atoms with Gasteiger partial charge in [-0.1, -0.05) is 50.6 Å². The zero-order valence-electron chi connectivity index (χ0n) is 13.7. The lowest BCUT2D eigenvalue weighted by Gasteiger charge is -2.22. The van der Waals surface area contributed by atoms with Gasteiger partial charge in [0.2, 0.25) is 0 Å². The van der Waals surface area contributed by atoms with E-state index in [0.717, 1.165) is 16.7 Å². The summed E-state index contributed by atoms with van der Waals surface area (Å²) in [5.74, 6) is 0.396. The highest BCUT2D eigenvalue weighted by Crippen LogP contribution is 2.33. The monoisotopic (exact) mass is 318 g/mol. The van der Waals surface area contributed by atoms with Crippen molar-refractivity contribution in [3.63, 3.8) is 0 Å². The molecule has 0 aliphatic heterocycles. The van der Waals surface area contributed by atoms with Crippen LogP contribution in [0.2, 0.25) is 0 Å². The standard InChI is InChI=1S/C18H22O3S/c1-13-6-9-15(10-7-13)22(19,20)21-17-12-14(2)8-11-16(17)18(3,4)5/h6-12H,1-5H3. The maximum absolute atomic E-state index is 12.5. The molecule has 0 aliphatic rings. The van der Waals surface area contributed by atoms with E-state index in [9.17, 15) is 8.42 Å². The van der Waals surface area contributed by atoms with E-state index in [2.05, 4.69) is 0 Å². The van der Waals surface area contributed by atoms with Crippen molar-refractivity contribution in [3.8, 4) is 5.75 Å². The van der Waals surface area contributed by atoms with E-state index in [-0.39, 0.29) is 10.3 Å². The van der Waals surface area contributed by atoms with Gasteiger partial charge >= 0.3 is 10.1 Å². The molecule has 118 valence electrons. The van der Waals surface area contributed by atoms with Gasteiger partial charge in [0.15, 0.2) is 0 Å². The highest BCUT2D eigenvalue weighted by molar-refractivity contribution is 7.87. The van der Waals surface area contributed by atoms with E-state index in [1.807, 2.05) is 46.8 Å². The second kappa shape index (κ2) is 5.76. The molecule has 0 atom stereocenters. The molecule has 2 rings (SSSR count). The molecule has 0 bridgehead atoms. The van der Waals surface area contributed by atoms with Gasteiger partial charge in [0.05, 0.1) is 0 Å². The van der Waals surface area contributed by atoms with Gasteiger partial charge in [-0.2, -0.15) is 8.42 Å². The largest absolute Gasteiger partial charge is 0.379 e. The van der Waals surface area contributed by atoms with Crippen LogP contribution in [-0.2, 0) is 15.5 Å². The second-order valence-electron chi connectivity index (χ2n) is 6.60. The minimum atomic E-state index is -3.83. The van der Waals surface area contributed by atoms with Crippen molar-refractivity contribution in [3.05, 3.63) is 59.2 Å². The average Bonchev–Trinajstić information content (AvgIpc) is 2.37. The Labute approximate surface area is 133 Å². The molecule has 0 aliphatic carbocycles. The zero-order valence-corrected chi connectivity index (χ0v) is 14.5. The molecular weight excluding hydrogens is 296 g/mol. The number of hydrogen-bond donors (Lipinski definition) is 0. The molecular formula is C18H22O3S. The lowest BCUT2D eigenvalue weighted by Crippen LogP contribution is -2.17. The average molecular weight is 318 g/mol. The minimum Gasteiger partial charge on any atom is -0.379 e. The van der Waals surface area contributed by atoms with Crippen molar-refractivity contribution < 1.29 is 12.6 Å². The number of benzene rings is 2. The Hall–Kier alpha value is -1.81. The van der Waals surface area contributed by atoms with Crippen LogP contribution in [0.25, 0.3) is 0 Å². The van der Waals surface area contributed by atoms with Gasteiger partial charge in [0.25, 0.3) is 0 Å².